The molecule has 0 aromatic carbocycles. The Morgan fingerprint density at radius 3 is 3.08 bits per heavy atom. The van der Waals surface area contributed by atoms with Crippen LogP contribution in [0.1, 0.15) is 12.8 Å². The van der Waals surface area contributed by atoms with Crippen LogP contribution in [0.2, 0.25) is 0 Å². The Bertz CT molecular complexity index is 129. The van der Waals surface area contributed by atoms with Crippen molar-refractivity contribution in [2.75, 3.05) is 31.3 Å². The minimum Gasteiger partial charge on any atom is -0.396 e. The molecule has 1 heterocycles. The van der Waals surface area contributed by atoms with Gasteiger partial charge in [0.25, 0.3) is 0 Å². The molecule has 0 saturated carbocycles. The molecule has 0 aromatic heterocycles. The number of aliphatic hydroxyl groups excluding tert-OH is 1. The number of hydrogen-bond acceptors (Lipinski definition) is 4. The van der Waals surface area contributed by atoms with E-state index in [1.165, 1.54) is 0 Å². The van der Waals surface area contributed by atoms with E-state index in [-0.39, 0.29) is 12.6 Å². The van der Waals surface area contributed by atoms with Gasteiger partial charge >= 0.3 is 0 Å². The van der Waals surface area contributed by atoms with Gasteiger partial charge in [-0.2, -0.15) is 11.8 Å². The van der Waals surface area contributed by atoms with Crippen LogP contribution in [0, 0.1) is 5.92 Å². The molecule has 0 aliphatic carbocycles. The van der Waals surface area contributed by atoms with E-state index in [4.69, 9.17) is 15.6 Å². The summed E-state index contributed by atoms with van der Waals surface area (Å²) in [5, 5.41) is 8.58. The van der Waals surface area contributed by atoms with E-state index in [1.54, 1.807) is 0 Å². The van der Waals surface area contributed by atoms with Crippen LogP contribution in [0.25, 0.3) is 0 Å². The van der Waals surface area contributed by atoms with Crippen molar-refractivity contribution in [3.8, 4) is 0 Å². The third-order valence-corrected chi connectivity index (χ3v) is 3.53. The topological polar surface area (TPSA) is 55.5 Å². The summed E-state index contributed by atoms with van der Waals surface area (Å²) in [4.78, 5) is 0. The lowest BCUT2D eigenvalue weighted by atomic mass is 10.0. The van der Waals surface area contributed by atoms with Crippen molar-refractivity contribution in [2.24, 2.45) is 11.7 Å². The first kappa shape index (κ1) is 11.3. The molecule has 1 fully saturated rings. The molecular weight excluding hydrogens is 186 g/mol. The average molecular weight is 205 g/mol. The van der Waals surface area contributed by atoms with E-state index in [0.29, 0.717) is 5.92 Å². The van der Waals surface area contributed by atoms with Crippen LogP contribution in [0.3, 0.4) is 0 Å². The molecule has 13 heavy (non-hydrogen) atoms. The van der Waals surface area contributed by atoms with Crippen LogP contribution in [-0.2, 0) is 4.74 Å². The fourth-order valence-corrected chi connectivity index (χ4v) is 2.46. The van der Waals surface area contributed by atoms with Gasteiger partial charge in [-0.3, -0.25) is 0 Å². The monoisotopic (exact) mass is 205 g/mol. The molecule has 0 spiro atoms. The minimum atomic E-state index is 0.270. The highest BCUT2D eigenvalue weighted by molar-refractivity contribution is 7.99. The molecule has 3 N–H and O–H groups in total. The van der Waals surface area contributed by atoms with Gasteiger partial charge < -0.3 is 15.6 Å². The minimum absolute atomic E-state index is 0.270. The Kier molecular flexibility index (Phi) is 5.78. The summed E-state index contributed by atoms with van der Waals surface area (Å²) < 4.78 is 5.28. The summed E-state index contributed by atoms with van der Waals surface area (Å²) >= 11 is 1.83. The lowest BCUT2D eigenvalue weighted by Crippen LogP contribution is -2.32. The second-order valence-electron chi connectivity index (χ2n) is 3.44. The van der Waals surface area contributed by atoms with Gasteiger partial charge in [-0.05, 0) is 18.6 Å². The largest absolute Gasteiger partial charge is 0.396 e. The van der Waals surface area contributed by atoms with E-state index >= 15 is 0 Å². The van der Waals surface area contributed by atoms with Gasteiger partial charge in [-0.1, -0.05) is 0 Å². The molecule has 78 valence electrons. The molecule has 0 amide bonds. The fraction of sp³-hybridized carbons (Fsp3) is 1.00. The van der Waals surface area contributed by atoms with Crippen LogP contribution >= 0.6 is 11.8 Å². The highest BCUT2D eigenvalue weighted by Crippen LogP contribution is 2.18. The fourth-order valence-electron chi connectivity index (χ4n) is 1.41. The number of rotatable bonds is 6. The van der Waals surface area contributed by atoms with Crippen molar-refractivity contribution in [3.05, 3.63) is 0 Å². The Labute approximate surface area is 84.0 Å². The zero-order chi connectivity index (χ0) is 9.52. The molecule has 0 aromatic rings. The Morgan fingerprint density at radius 1 is 1.62 bits per heavy atom. The maximum Gasteiger partial charge on any atom is 0.0510 e. The number of nitrogens with two attached hydrogens (primary N) is 1. The van der Waals surface area contributed by atoms with Crippen molar-refractivity contribution < 1.29 is 9.84 Å². The second kappa shape index (κ2) is 6.65. The third kappa shape index (κ3) is 4.31. The highest BCUT2D eigenvalue weighted by atomic mass is 32.2. The zero-order valence-electron chi connectivity index (χ0n) is 7.95. The van der Waals surface area contributed by atoms with Crippen molar-refractivity contribution in [3.63, 3.8) is 0 Å². The first-order valence-electron chi connectivity index (χ1n) is 4.86. The Morgan fingerprint density at radius 2 is 2.46 bits per heavy atom. The maximum atomic E-state index is 8.58. The molecule has 3 nitrogen and oxygen atoms in total. The normalized spacial score (nSPS) is 24.9. The lowest BCUT2D eigenvalue weighted by molar-refractivity contribution is 0.182. The predicted octanol–water partition coefficient (Wildman–Crippen LogP) is 0.466. The first-order valence-corrected chi connectivity index (χ1v) is 6.02. The van der Waals surface area contributed by atoms with Crippen LogP contribution in [0.4, 0.5) is 0 Å². The summed E-state index contributed by atoms with van der Waals surface area (Å²) in [6.07, 6.45) is 1.99. The number of hydrogen-bond donors (Lipinski definition) is 2. The summed E-state index contributed by atoms with van der Waals surface area (Å²) in [6, 6.07) is 0.270. The van der Waals surface area contributed by atoms with Gasteiger partial charge in [0, 0.05) is 30.9 Å². The van der Waals surface area contributed by atoms with Gasteiger partial charge in [-0.15, -0.1) is 0 Å². The molecular formula is C9H19NO2S. The van der Waals surface area contributed by atoms with E-state index in [2.05, 4.69) is 0 Å². The smallest absolute Gasteiger partial charge is 0.0510 e. The van der Waals surface area contributed by atoms with Crippen molar-refractivity contribution in [1.29, 1.82) is 0 Å². The molecule has 1 aliphatic rings. The Hall–Kier alpha value is 0.230. The number of ether oxygens (including phenoxy) is 1. The van der Waals surface area contributed by atoms with Gasteiger partial charge in [0.2, 0.25) is 0 Å². The van der Waals surface area contributed by atoms with Gasteiger partial charge in [0.1, 0.15) is 0 Å². The van der Waals surface area contributed by atoms with E-state index in [9.17, 15) is 0 Å². The van der Waals surface area contributed by atoms with Crippen LogP contribution in [0.5, 0.6) is 0 Å². The van der Waals surface area contributed by atoms with Crippen LogP contribution in [-0.4, -0.2) is 42.5 Å². The lowest BCUT2D eigenvalue weighted by Gasteiger charge is -2.16. The second-order valence-corrected chi connectivity index (χ2v) is 4.59. The third-order valence-electron chi connectivity index (χ3n) is 2.33. The highest BCUT2D eigenvalue weighted by Gasteiger charge is 2.22. The standard InChI is InChI=1S/C9H19NO2S/c10-9(7-13-5-1-3-11)8-2-4-12-6-8/h8-9,11H,1-7,10H2. The van der Waals surface area contributed by atoms with Gasteiger partial charge in [0.15, 0.2) is 0 Å². The SMILES string of the molecule is NC(CSCCCO)C1CCOC1. The maximum absolute atomic E-state index is 8.58. The predicted molar refractivity (Wildman–Crippen MR) is 55.9 cm³/mol. The van der Waals surface area contributed by atoms with Crippen molar-refractivity contribution in [2.45, 2.75) is 18.9 Å². The van der Waals surface area contributed by atoms with Gasteiger partial charge in [-0.25, -0.2) is 0 Å². The van der Waals surface area contributed by atoms with Crippen LogP contribution in [0.15, 0.2) is 0 Å². The Balaban J connectivity index is 1.99. The molecule has 1 rings (SSSR count). The molecule has 0 bridgehead atoms. The van der Waals surface area contributed by atoms with E-state index < -0.39 is 0 Å². The quantitative estimate of drug-likeness (QED) is 0.619. The molecule has 2 atom stereocenters. The first-order chi connectivity index (χ1) is 6.34. The molecule has 0 radical (unpaired) electrons. The molecule has 4 heteroatoms. The summed E-state index contributed by atoms with van der Waals surface area (Å²) in [6.45, 7) is 2.00. The number of aliphatic hydroxyl groups is 1. The molecule has 2 unspecified atom stereocenters. The summed E-state index contributed by atoms with van der Waals surface area (Å²) in [5.74, 6) is 2.56. The van der Waals surface area contributed by atoms with Crippen molar-refractivity contribution in [1.82, 2.24) is 0 Å². The molecule has 1 aliphatic heterocycles. The van der Waals surface area contributed by atoms with E-state index in [0.717, 1.165) is 37.6 Å². The van der Waals surface area contributed by atoms with Gasteiger partial charge in [0.05, 0.1) is 6.61 Å². The van der Waals surface area contributed by atoms with Crippen LogP contribution < -0.4 is 5.73 Å². The molecule has 1 saturated heterocycles. The zero-order valence-corrected chi connectivity index (χ0v) is 8.76. The summed E-state index contributed by atoms with van der Waals surface area (Å²) in [5.41, 5.74) is 6.00. The number of thioether (sulfide) groups is 1. The average Bonchev–Trinajstić information content (AvgIpc) is 2.65. The summed E-state index contributed by atoms with van der Waals surface area (Å²) in [7, 11) is 0. The van der Waals surface area contributed by atoms with E-state index in [1.807, 2.05) is 11.8 Å². The van der Waals surface area contributed by atoms with Crippen molar-refractivity contribution >= 4 is 11.8 Å².